The minimum atomic E-state index is -0.705. The van der Waals surface area contributed by atoms with Crippen molar-refractivity contribution in [2.75, 3.05) is 6.61 Å². The molecule has 0 N–H and O–H groups in total. The molecule has 2 aromatic carbocycles. The number of hydrogen-bond acceptors (Lipinski definition) is 8. The van der Waals surface area contributed by atoms with Gasteiger partial charge in [0.1, 0.15) is 0 Å². The van der Waals surface area contributed by atoms with Crippen LogP contribution >= 0.6 is 35.0 Å². The Kier molecular flexibility index (Phi) is 7.62. The Hall–Kier alpha value is -3.08. The topological polar surface area (TPSA) is 116 Å². The van der Waals surface area contributed by atoms with Gasteiger partial charge in [-0.05, 0) is 54.6 Å². The van der Waals surface area contributed by atoms with Crippen molar-refractivity contribution >= 4 is 63.8 Å². The summed E-state index contributed by atoms with van der Waals surface area (Å²) in [5.41, 5.74) is 0.106. The number of nitro groups is 1. The van der Waals surface area contributed by atoms with Gasteiger partial charge in [0.15, 0.2) is 5.75 Å². The molecule has 0 aromatic heterocycles. The molecule has 2 amide bonds. The number of rotatable bonds is 7. The number of nitrogens with zero attached hydrogens (tertiary/aromatic N) is 2. The van der Waals surface area contributed by atoms with Crippen molar-refractivity contribution in [1.29, 1.82) is 0 Å². The molecule has 0 radical (unpaired) electrons. The van der Waals surface area contributed by atoms with Gasteiger partial charge < -0.3 is 9.47 Å². The molecule has 1 aliphatic heterocycles. The van der Waals surface area contributed by atoms with Crippen molar-refractivity contribution in [2.24, 2.45) is 0 Å². The van der Waals surface area contributed by atoms with E-state index in [-0.39, 0.29) is 40.1 Å². The van der Waals surface area contributed by atoms with E-state index in [1.807, 2.05) is 0 Å². The average Bonchev–Trinajstić information content (AvgIpc) is 2.99. The third-order valence-electron chi connectivity index (χ3n) is 4.34. The molecule has 0 bridgehead atoms. The van der Waals surface area contributed by atoms with E-state index >= 15 is 0 Å². The Balaban J connectivity index is 1.98. The fourth-order valence-corrected chi connectivity index (χ4v) is 4.14. The second kappa shape index (κ2) is 10.2. The molecule has 0 atom stereocenters. The number of carbonyl (C=O) groups excluding carboxylic acids is 3. The predicted octanol–water partition coefficient (Wildman–Crippen LogP) is 5.46. The third kappa shape index (κ3) is 5.47. The van der Waals surface area contributed by atoms with Gasteiger partial charge in [0.25, 0.3) is 11.1 Å². The molecule has 0 unspecified atom stereocenters. The van der Waals surface area contributed by atoms with Crippen LogP contribution in [0, 0.1) is 10.1 Å². The smallest absolute Gasteiger partial charge is 0.322 e. The number of imide groups is 1. The predicted molar refractivity (Wildman–Crippen MR) is 124 cm³/mol. The number of thioether (sulfide) groups is 1. The van der Waals surface area contributed by atoms with E-state index in [9.17, 15) is 24.5 Å². The van der Waals surface area contributed by atoms with E-state index < -0.39 is 27.7 Å². The molecule has 1 saturated heterocycles. The molecule has 33 heavy (non-hydrogen) atoms. The van der Waals surface area contributed by atoms with Gasteiger partial charge in [-0.3, -0.25) is 29.4 Å². The maximum Gasteiger partial charge on any atom is 0.322 e. The molecular formula is C21H16Cl2N2O7S. The van der Waals surface area contributed by atoms with Crippen molar-refractivity contribution in [1.82, 2.24) is 4.90 Å². The molecule has 9 nitrogen and oxygen atoms in total. The van der Waals surface area contributed by atoms with Gasteiger partial charge >= 0.3 is 11.7 Å². The highest BCUT2D eigenvalue weighted by atomic mass is 35.5. The highest BCUT2D eigenvalue weighted by Gasteiger charge is 2.36. The van der Waals surface area contributed by atoms with Gasteiger partial charge in [0, 0.05) is 6.92 Å². The molecule has 3 rings (SSSR count). The second-order valence-corrected chi connectivity index (χ2v) is 8.44. The van der Waals surface area contributed by atoms with Crippen LogP contribution in [0.25, 0.3) is 6.08 Å². The first-order valence-electron chi connectivity index (χ1n) is 9.44. The van der Waals surface area contributed by atoms with Crippen LogP contribution in [0.5, 0.6) is 11.5 Å². The molecule has 0 spiro atoms. The Bertz CT molecular complexity index is 1200. The van der Waals surface area contributed by atoms with E-state index in [4.69, 9.17) is 32.7 Å². The van der Waals surface area contributed by atoms with Crippen molar-refractivity contribution in [3.63, 3.8) is 0 Å². The quantitative estimate of drug-likeness (QED) is 0.158. The average molecular weight is 511 g/mol. The number of carbonyl (C=O) groups is 3. The van der Waals surface area contributed by atoms with E-state index in [1.54, 1.807) is 25.1 Å². The largest absolute Gasteiger partial charge is 0.485 e. The second-order valence-electron chi connectivity index (χ2n) is 6.63. The van der Waals surface area contributed by atoms with Crippen LogP contribution in [0.4, 0.5) is 10.5 Å². The van der Waals surface area contributed by atoms with Crippen molar-refractivity contribution in [3.05, 3.63) is 66.5 Å². The molecule has 12 heteroatoms. The van der Waals surface area contributed by atoms with Crippen LogP contribution < -0.4 is 9.47 Å². The summed E-state index contributed by atoms with van der Waals surface area (Å²) >= 11 is 12.5. The van der Waals surface area contributed by atoms with Gasteiger partial charge in [-0.1, -0.05) is 29.3 Å². The number of halogens is 2. The molecular weight excluding hydrogens is 495 g/mol. The first kappa shape index (κ1) is 24.6. The maximum absolute atomic E-state index is 12.9. The highest BCUT2D eigenvalue weighted by Crippen LogP contribution is 2.42. The zero-order valence-electron chi connectivity index (χ0n) is 17.3. The standard InChI is InChI=1S/C21H16Cl2N2O7S/c1-3-31-19-16(32-11(2)26)7-5-13(18(19)25(29)30)9-17-20(27)24(21(28)33-17)10-12-4-6-14(22)15(23)8-12/h4-9H,3,10H2,1-2H3/b17-9-. The summed E-state index contributed by atoms with van der Waals surface area (Å²) in [5, 5.41) is 11.9. The molecule has 1 fully saturated rings. The number of nitro benzene ring substituents is 1. The minimum Gasteiger partial charge on any atom is -0.485 e. The summed E-state index contributed by atoms with van der Waals surface area (Å²) in [7, 11) is 0. The SMILES string of the molecule is CCOc1c(OC(C)=O)ccc(/C=C2\SC(=O)N(Cc3ccc(Cl)c(Cl)c3)C2=O)c1[N+](=O)[O-]. The van der Waals surface area contributed by atoms with Crippen molar-refractivity contribution < 1.29 is 28.8 Å². The summed E-state index contributed by atoms with van der Waals surface area (Å²) in [5.74, 6) is -1.67. The van der Waals surface area contributed by atoms with Crippen LogP contribution in [-0.4, -0.2) is 33.5 Å². The van der Waals surface area contributed by atoms with Gasteiger partial charge in [-0.25, -0.2) is 0 Å². The minimum absolute atomic E-state index is 0.00848. The van der Waals surface area contributed by atoms with E-state index in [2.05, 4.69) is 0 Å². The molecule has 0 saturated carbocycles. The van der Waals surface area contributed by atoms with Crippen LogP contribution in [0.1, 0.15) is 25.0 Å². The highest BCUT2D eigenvalue weighted by molar-refractivity contribution is 8.18. The Morgan fingerprint density at radius 2 is 1.94 bits per heavy atom. The number of amides is 2. The normalized spacial score (nSPS) is 14.7. The molecule has 1 heterocycles. The summed E-state index contributed by atoms with van der Waals surface area (Å²) in [6.07, 6.45) is 1.23. The summed E-state index contributed by atoms with van der Waals surface area (Å²) in [6, 6.07) is 7.37. The third-order valence-corrected chi connectivity index (χ3v) is 5.98. The molecule has 172 valence electrons. The Morgan fingerprint density at radius 3 is 2.55 bits per heavy atom. The van der Waals surface area contributed by atoms with Crippen LogP contribution in [0.2, 0.25) is 10.0 Å². The monoisotopic (exact) mass is 510 g/mol. The van der Waals surface area contributed by atoms with Gasteiger partial charge in [0.2, 0.25) is 5.75 Å². The summed E-state index contributed by atoms with van der Waals surface area (Å²) in [4.78, 5) is 48.8. The van der Waals surface area contributed by atoms with Crippen LogP contribution in [-0.2, 0) is 16.1 Å². The number of benzene rings is 2. The number of hydrogen-bond donors (Lipinski definition) is 0. The molecule has 2 aromatic rings. The fraction of sp³-hybridized carbons (Fsp3) is 0.190. The number of ether oxygens (including phenoxy) is 2. The van der Waals surface area contributed by atoms with E-state index in [1.165, 1.54) is 18.2 Å². The zero-order chi connectivity index (χ0) is 24.3. The molecule has 0 aliphatic carbocycles. The number of esters is 1. The van der Waals surface area contributed by atoms with Crippen molar-refractivity contribution in [3.8, 4) is 11.5 Å². The maximum atomic E-state index is 12.9. The first-order chi connectivity index (χ1) is 15.6. The lowest BCUT2D eigenvalue weighted by molar-refractivity contribution is -0.386. The van der Waals surface area contributed by atoms with Gasteiger partial charge in [0.05, 0.1) is 38.6 Å². The van der Waals surface area contributed by atoms with Gasteiger partial charge in [-0.15, -0.1) is 0 Å². The van der Waals surface area contributed by atoms with E-state index in [0.29, 0.717) is 22.3 Å². The van der Waals surface area contributed by atoms with E-state index in [0.717, 1.165) is 11.8 Å². The lowest BCUT2D eigenvalue weighted by Crippen LogP contribution is -2.27. The molecule has 1 aliphatic rings. The zero-order valence-corrected chi connectivity index (χ0v) is 19.6. The van der Waals surface area contributed by atoms with Crippen LogP contribution in [0.3, 0.4) is 0 Å². The van der Waals surface area contributed by atoms with Crippen LogP contribution in [0.15, 0.2) is 35.2 Å². The lowest BCUT2D eigenvalue weighted by Gasteiger charge is -2.13. The Labute approximate surface area is 202 Å². The van der Waals surface area contributed by atoms with Gasteiger partial charge in [-0.2, -0.15) is 0 Å². The Morgan fingerprint density at radius 1 is 1.21 bits per heavy atom. The lowest BCUT2D eigenvalue weighted by atomic mass is 10.1. The first-order valence-corrected chi connectivity index (χ1v) is 11.0. The summed E-state index contributed by atoms with van der Waals surface area (Å²) in [6.45, 7) is 2.79. The van der Waals surface area contributed by atoms with Crippen molar-refractivity contribution in [2.45, 2.75) is 20.4 Å². The fourth-order valence-electron chi connectivity index (χ4n) is 2.99. The summed E-state index contributed by atoms with van der Waals surface area (Å²) < 4.78 is 10.4.